The third kappa shape index (κ3) is 2.86. The molecule has 126 valence electrons. The fourth-order valence-corrected chi connectivity index (χ4v) is 3.27. The van der Waals surface area contributed by atoms with Crippen molar-refractivity contribution in [2.45, 2.75) is 38.4 Å². The van der Waals surface area contributed by atoms with Crippen molar-refractivity contribution in [3.05, 3.63) is 36.4 Å². The molecule has 2 aromatic heterocycles. The van der Waals surface area contributed by atoms with Gasteiger partial charge in [-0.2, -0.15) is 5.10 Å². The molecule has 1 unspecified atom stereocenters. The summed E-state index contributed by atoms with van der Waals surface area (Å²) in [6.45, 7) is 5.88. The molecule has 0 saturated carbocycles. The quantitative estimate of drug-likeness (QED) is 0.918. The van der Waals surface area contributed by atoms with Crippen LogP contribution in [-0.4, -0.2) is 39.0 Å². The molecule has 0 bridgehead atoms. The molecule has 1 atom stereocenters. The van der Waals surface area contributed by atoms with Gasteiger partial charge in [-0.05, 0) is 12.8 Å². The van der Waals surface area contributed by atoms with E-state index in [2.05, 4.69) is 27.0 Å². The summed E-state index contributed by atoms with van der Waals surface area (Å²) in [5.41, 5.74) is 2.87. The number of alkyl halides is 1. The lowest BCUT2D eigenvalue weighted by molar-refractivity contribution is 0.296. The van der Waals surface area contributed by atoms with E-state index in [1.807, 2.05) is 11.1 Å². The Labute approximate surface area is 140 Å². The van der Waals surface area contributed by atoms with Crippen LogP contribution in [0.15, 0.2) is 25.2 Å². The van der Waals surface area contributed by atoms with Gasteiger partial charge in [0.15, 0.2) is 5.82 Å². The molecule has 0 amide bonds. The molecular weight excluding hydrogens is 307 g/mol. The summed E-state index contributed by atoms with van der Waals surface area (Å²) in [5.74, 6) is 1.39. The van der Waals surface area contributed by atoms with Crippen molar-refractivity contribution in [1.82, 2.24) is 25.1 Å². The van der Waals surface area contributed by atoms with Crippen molar-refractivity contribution in [2.75, 3.05) is 18.0 Å². The summed E-state index contributed by atoms with van der Waals surface area (Å²) in [6, 6.07) is 0. The summed E-state index contributed by atoms with van der Waals surface area (Å²) in [7, 11) is 0. The first-order valence-corrected chi connectivity index (χ1v) is 8.44. The van der Waals surface area contributed by atoms with E-state index in [0.29, 0.717) is 25.3 Å². The topological polar surface area (TPSA) is 58.9 Å². The van der Waals surface area contributed by atoms with E-state index in [-0.39, 0.29) is 0 Å². The van der Waals surface area contributed by atoms with E-state index in [0.717, 1.165) is 48.6 Å². The lowest BCUT2D eigenvalue weighted by Crippen LogP contribution is -2.33. The lowest BCUT2D eigenvalue weighted by atomic mass is 10.1. The smallest absolute Gasteiger partial charge is 0.171 e. The highest BCUT2D eigenvalue weighted by Gasteiger charge is 2.20. The minimum absolute atomic E-state index is 0.398. The second kappa shape index (κ2) is 6.22. The van der Waals surface area contributed by atoms with Crippen LogP contribution in [0.1, 0.15) is 36.9 Å². The first-order chi connectivity index (χ1) is 11.7. The van der Waals surface area contributed by atoms with Crippen LogP contribution in [0.3, 0.4) is 0 Å². The van der Waals surface area contributed by atoms with Crippen molar-refractivity contribution >= 4 is 11.5 Å². The highest BCUT2D eigenvalue weighted by molar-refractivity contribution is 5.67. The number of halogens is 1. The summed E-state index contributed by atoms with van der Waals surface area (Å²) >= 11 is 0. The maximum atomic E-state index is 13.9. The summed E-state index contributed by atoms with van der Waals surface area (Å²) in [6.07, 6.45) is 8.27. The Hall–Kier alpha value is -2.44. The Morgan fingerprint density at radius 3 is 2.79 bits per heavy atom. The number of anilines is 1. The van der Waals surface area contributed by atoms with Crippen LogP contribution in [0.2, 0.25) is 0 Å². The van der Waals surface area contributed by atoms with E-state index in [1.54, 1.807) is 17.1 Å². The summed E-state index contributed by atoms with van der Waals surface area (Å²) in [5, 5.41) is 7.67. The Morgan fingerprint density at radius 1 is 1.17 bits per heavy atom. The monoisotopic (exact) mass is 328 g/mol. The van der Waals surface area contributed by atoms with Gasteiger partial charge >= 0.3 is 0 Å². The van der Waals surface area contributed by atoms with E-state index < -0.39 is 6.17 Å². The van der Waals surface area contributed by atoms with Gasteiger partial charge in [0.2, 0.25) is 0 Å². The number of fused-ring (bicyclic) bond motifs is 1. The van der Waals surface area contributed by atoms with Crippen LogP contribution in [0.5, 0.6) is 0 Å². The van der Waals surface area contributed by atoms with Gasteiger partial charge in [-0.3, -0.25) is 0 Å². The fourth-order valence-electron chi connectivity index (χ4n) is 3.27. The molecule has 7 heteroatoms. The standard InChI is InChI=1S/C17H21FN6/c1-12-14-11-24(22-15(14)7-19-12)17-9-20-16(8-21-17)23-6-4-2-3-5-13(18)10-23/h8-9,11,13,19H,1-7,10H2. The molecule has 1 saturated heterocycles. The van der Waals surface area contributed by atoms with Crippen LogP contribution >= 0.6 is 0 Å². The largest absolute Gasteiger partial charge is 0.379 e. The van der Waals surface area contributed by atoms with Crippen LogP contribution in [0.4, 0.5) is 10.2 Å². The molecule has 1 N–H and O–H groups in total. The second-order valence-electron chi connectivity index (χ2n) is 6.39. The van der Waals surface area contributed by atoms with Crippen molar-refractivity contribution in [1.29, 1.82) is 0 Å². The number of hydrogen-bond acceptors (Lipinski definition) is 5. The molecule has 0 aliphatic carbocycles. The van der Waals surface area contributed by atoms with E-state index in [4.69, 9.17) is 0 Å². The number of aromatic nitrogens is 4. The van der Waals surface area contributed by atoms with E-state index in [9.17, 15) is 4.39 Å². The number of nitrogens with one attached hydrogen (secondary N) is 1. The average molecular weight is 328 g/mol. The van der Waals surface area contributed by atoms with Crippen molar-refractivity contribution in [2.24, 2.45) is 0 Å². The second-order valence-corrected chi connectivity index (χ2v) is 6.39. The van der Waals surface area contributed by atoms with Gasteiger partial charge in [0.25, 0.3) is 0 Å². The number of hydrogen-bond donors (Lipinski definition) is 1. The molecule has 2 aromatic rings. The predicted molar refractivity (Wildman–Crippen MR) is 90.6 cm³/mol. The first kappa shape index (κ1) is 15.1. The zero-order valence-electron chi connectivity index (χ0n) is 13.6. The zero-order valence-corrected chi connectivity index (χ0v) is 13.6. The average Bonchev–Trinajstić information content (AvgIpc) is 3.13. The molecule has 2 aliphatic rings. The molecule has 6 nitrogen and oxygen atoms in total. The minimum atomic E-state index is -0.792. The molecule has 4 rings (SSSR count). The molecular formula is C17H21FN6. The van der Waals surface area contributed by atoms with Gasteiger partial charge < -0.3 is 10.2 Å². The molecule has 0 aromatic carbocycles. The van der Waals surface area contributed by atoms with Crippen LogP contribution in [0, 0.1) is 0 Å². The Morgan fingerprint density at radius 2 is 2.00 bits per heavy atom. The lowest BCUT2D eigenvalue weighted by Gasteiger charge is -2.27. The van der Waals surface area contributed by atoms with Crippen LogP contribution in [0.25, 0.3) is 11.5 Å². The maximum absolute atomic E-state index is 13.9. The van der Waals surface area contributed by atoms with E-state index in [1.165, 1.54) is 0 Å². The highest BCUT2D eigenvalue weighted by atomic mass is 19.1. The highest BCUT2D eigenvalue weighted by Crippen LogP contribution is 2.23. The van der Waals surface area contributed by atoms with Gasteiger partial charge in [0.1, 0.15) is 12.0 Å². The van der Waals surface area contributed by atoms with Crippen LogP contribution in [-0.2, 0) is 6.54 Å². The third-order valence-electron chi connectivity index (χ3n) is 4.63. The fraction of sp³-hybridized carbons (Fsp3) is 0.471. The predicted octanol–water partition coefficient (Wildman–Crippen LogP) is 2.45. The normalized spacial score (nSPS) is 21.1. The van der Waals surface area contributed by atoms with Gasteiger partial charge in [-0.15, -0.1) is 0 Å². The maximum Gasteiger partial charge on any atom is 0.171 e. The molecule has 1 fully saturated rings. The number of rotatable bonds is 2. The number of nitrogens with zero attached hydrogens (tertiary/aromatic N) is 5. The van der Waals surface area contributed by atoms with Crippen molar-refractivity contribution in [3.8, 4) is 5.82 Å². The SMILES string of the molecule is C=C1NCc2nn(-c3cnc(N4CCCCCC(F)C4)cn3)cc21. The van der Waals surface area contributed by atoms with Gasteiger partial charge in [-0.25, -0.2) is 19.0 Å². The Bertz CT molecular complexity index is 738. The molecule has 2 aliphatic heterocycles. The zero-order chi connectivity index (χ0) is 16.5. The van der Waals surface area contributed by atoms with Gasteiger partial charge in [0, 0.05) is 24.0 Å². The van der Waals surface area contributed by atoms with E-state index >= 15 is 0 Å². The summed E-state index contributed by atoms with van der Waals surface area (Å²) in [4.78, 5) is 10.9. The molecule has 0 radical (unpaired) electrons. The Balaban J connectivity index is 1.54. The third-order valence-corrected chi connectivity index (χ3v) is 4.63. The van der Waals surface area contributed by atoms with Gasteiger partial charge in [-0.1, -0.05) is 19.4 Å². The molecule has 24 heavy (non-hydrogen) atoms. The van der Waals surface area contributed by atoms with Gasteiger partial charge in [0.05, 0.1) is 31.2 Å². The Kier molecular flexibility index (Phi) is 3.92. The first-order valence-electron chi connectivity index (χ1n) is 8.44. The molecule has 4 heterocycles. The minimum Gasteiger partial charge on any atom is -0.379 e. The summed E-state index contributed by atoms with van der Waals surface area (Å²) < 4.78 is 15.6. The van der Waals surface area contributed by atoms with Crippen molar-refractivity contribution in [3.63, 3.8) is 0 Å². The molecule has 0 spiro atoms. The van der Waals surface area contributed by atoms with Crippen LogP contribution < -0.4 is 10.2 Å². The van der Waals surface area contributed by atoms with Crippen molar-refractivity contribution < 1.29 is 4.39 Å².